The summed E-state index contributed by atoms with van der Waals surface area (Å²) in [6.45, 7) is 3.15. The summed E-state index contributed by atoms with van der Waals surface area (Å²) in [6.07, 6.45) is 23.1. The van der Waals surface area contributed by atoms with Crippen molar-refractivity contribution in [3.05, 3.63) is 29.8 Å². The number of esters is 1. The molecular weight excluding hydrogens is 494 g/mol. The average Bonchev–Trinajstić information content (AvgIpc) is 2.90. The molecule has 220 valence electrons. The Morgan fingerprint density at radius 3 is 1.79 bits per heavy atom. The lowest BCUT2D eigenvalue weighted by molar-refractivity contribution is -0.167. The van der Waals surface area contributed by atoms with E-state index in [1.54, 1.807) is 7.11 Å². The van der Waals surface area contributed by atoms with Gasteiger partial charge in [0.05, 0.1) is 7.11 Å². The summed E-state index contributed by atoms with van der Waals surface area (Å²) in [5, 5.41) is 0. The van der Waals surface area contributed by atoms with E-state index < -0.39 is 5.60 Å². The van der Waals surface area contributed by atoms with Crippen LogP contribution in [0.3, 0.4) is 0 Å². The molecule has 0 amide bonds. The fraction of sp³-hybridized carbons (Fsp3) is 0.788. The Balaban J connectivity index is 0.00000722. The molecular formula is C33H58ClNO3. The van der Waals surface area contributed by atoms with Crippen LogP contribution in [0.5, 0.6) is 5.75 Å². The van der Waals surface area contributed by atoms with Gasteiger partial charge >= 0.3 is 5.97 Å². The highest BCUT2D eigenvalue weighted by atomic mass is 35.5. The zero-order valence-electron chi connectivity index (χ0n) is 25.1. The van der Waals surface area contributed by atoms with Crippen molar-refractivity contribution in [2.45, 2.75) is 140 Å². The Morgan fingerprint density at radius 1 is 0.816 bits per heavy atom. The van der Waals surface area contributed by atoms with E-state index in [0.29, 0.717) is 6.42 Å². The number of ether oxygens (including phenoxy) is 2. The van der Waals surface area contributed by atoms with Gasteiger partial charge in [0.1, 0.15) is 11.4 Å². The van der Waals surface area contributed by atoms with Crippen LogP contribution in [0.4, 0.5) is 0 Å². The molecule has 0 aliphatic heterocycles. The van der Waals surface area contributed by atoms with Gasteiger partial charge in [-0.25, -0.2) is 0 Å². The molecule has 5 heteroatoms. The predicted molar refractivity (Wildman–Crippen MR) is 164 cm³/mol. The second-order valence-corrected chi connectivity index (χ2v) is 11.7. The minimum atomic E-state index is -0.398. The van der Waals surface area contributed by atoms with Crippen LogP contribution in [0, 0.1) is 0 Å². The normalized spacial score (nSPS) is 15.6. The fourth-order valence-corrected chi connectivity index (χ4v) is 6.01. The molecule has 1 aliphatic carbocycles. The number of benzene rings is 1. The van der Waals surface area contributed by atoms with Crippen LogP contribution >= 0.6 is 12.4 Å². The minimum Gasteiger partial charge on any atom is -0.497 e. The molecule has 0 radical (unpaired) electrons. The van der Waals surface area contributed by atoms with Crippen LogP contribution in [-0.2, 0) is 9.53 Å². The first kappa shape index (κ1) is 34.8. The predicted octanol–water partition coefficient (Wildman–Crippen LogP) is 9.49. The van der Waals surface area contributed by atoms with Crippen molar-refractivity contribution in [2.75, 3.05) is 27.7 Å². The number of halogens is 1. The van der Waals surface area contributed by atoms with Gasteiger partial charge in [0, 0.05) is 18.9 Å². The Kier molecular flexibility index (Phi) is 18.9. The first-order valence-corrected chi connectivity index (χ1v) is 15.5. The van der Waals surface area contributed by atoms with E-state index in [-0.39, 0.29) is 24.3 Å². The van der Waals surface area contributed by atoms with Crippen molar-refractivity contribution in [3.8, 4) is 5.75 Å². The van der Waals surface area contributed by atoms with Gasteiger partial charge in [-0.3, -0.25) is 4.79 Å². The number of rotatable bonds is 20. The number of methoxy groups -OCH3 is 1. The lowest BCUT2D eigenvalue weighted by atomic mass is 9.72. The molecule has 0 heterocycles. The molecule has 1 aromatic carbocycles. The molecule has 1 aliphatic rings. The highest BCUT2D eigenvalue weighted by molar-refractivity contribution is 5.85. The van der Waals surface area contributed by atoms with Gasteiger partial charge in [-0.15, -0.1) is 12.4 Å². The van der Waals surface area contributed by atoms with E-state index in [2.05, 4.69) is 38.1 Å². The largest absolute Gasteiger partial charge is 0.497 e. The quantitative estimate of drug-likeness (QED) is 0.119. The van der Waals surface area contributed by atoms with Gasteiger partial charge in [-0.1, -0.05) is 103 Å². The monoisotopic (exact) mass is 551 g/mol. The number of carbonyl (C=O) groups is 1. The summed E-state index contributed by atoms with van der Waals surface area (Å²) in [4.78, 5) is 15.3. The number of unbranched alkanes of at least 4 members (excludes halogenated alkanes) is 12. The highest BCUT2D eigenvalue weighted by Gasteiger charge is 2.44. The molecule has 1 aromatic rings. The maximum atomic E-state index is 13.1. The molecule has 1 atom stereocenters. The van der Waals surface area contributed by atoms with Crippen molar-refractivity contribution in [1.29, 1.82) is 0 Å². The summed E-state index contributed by atoms with van der Waals surface area (Å²) >= 11 is 0. The van der Waals surface area contributed by atoms with Crippen LogP contribution in [-0.4, -0.2) is 44.2 Å². The summed E-state index contributed by atoms with van der Waals surface area (Å²) in [5.41, 5.74) is 0.843. The van der Waals surface area contributed by atoms with Crippen LogP contribution in [0.1, 0.15) is 140 Å². The zero-order valence-corrected chi connectivity index (χ0v) is 25.9. The van der Waals surface area contributed by atoms with E-state index in [9.17, 15) is 4.79 Å². The number of nitrogens with zero attached hydrogens (tertiary/aromatic N) is 1. The topological polar surface area (TPSA) is 38.8 Å². The summed E-state index contributed by atoms with van der Waals surface area (Å²) in [6, 6.07) is 8.38. The SMILES string of the molecule is CCCCCCCCCCCCCCCC(=O)OC1(C(CN(C)C)c2ccc(OC)cc2)CCCCC1.Cl. The smallest absolute Gasteiger partial charge is 0.306 e. The standard InChI is InChI=1S/C33H57NO3.ClH/c1-5-6-7-8-9-10-11-12-13-14-15-16-18-21-32(35)37-33(26-19-17-20-27-33)31(28-34(2)3)29-22-24-30(36-4)25-23-29;/h22-25,31H,5-21,26-28H2,1-4H3;1H. The maximum absolute atomic E-state index is 13.1. The van der Waals surface area contributed by atoms with E-state index >= 15 is 0 Å². The summed E-state index contributed by atoms with van der Waals surface area (Å²) in [7, 11) is 5.93. The number of carbonyl (C=O) groups excluding carboxylic acids is 1. The first-order chi connectivity index (χ1) is 18.0. The lowest BCUT2D eigenvalue weighted by Crippen LogP contribution is -2.46. The van der Waals surface area contributed by atoms with Crippen molar-refractivity contribution in [2.24, 2.45) is 0 Å². The molecule has 4 nitrogen and oxygen atoms in total. The minimum absolute atomic E-state index is 0. The molecule has 1 fully saturated rings. The van der Waals surface area contributed by atoms with E-state index in [0.717, 1.165) is 50.8 Å². The Labute approximate surface area is 241 Å². The molecule has 0 bridgehead atoms. The van der Waals surface area contributed by atoms with Gasteiger partial charge in [0.15, 0.2) is 0 Å². The highest BCUT2D eigenvalue weighted by Crippen LogP contribution is 2.44. The van der Waals surface area contributed by atoms with Gasteiger partial charge in [-0.05, 0) is 63.9 Å². The molecule has 38 heavy (non-hydrogen) atoms. The molecule has 1 saturated carbocycles. The lowest BCUT2D eigenvalue weighted by Gasteiger charge is -2.44. The second-order valence-electron chi connectivity index (χ2n) is 11.7. The van der Waals surface area contributed by atoms with Crippen LogP contribution in [0.15, 0.2) is 24.3 Å². The molecule has 0 N–H and O–H groups in total. The second kappa shape index (κ2) is 20.6. The fourth-order valence-electron chi connectivity index (χ4n) is 6.01. The molecule has 2 rings (SSSR count). The third-order valence-corrected chi connectivity index (χ3v) is 8.20. The third-order valence-electron chi connectivity index (χ3n) is 8.20. The summed E-state index contributed by atoms with van der Waals surface area (Å²) in [5.74, 6) is 1.04. The number of likely N-dealkylation sites (N-methyl/N-ethyl adjacent to an activating group) is 1. The van der Waals surface area contributed by atoms with Gasteiger partial charge in [0.2, 0.25) is 0 Å². The van der Waals surface area contributed by atoms with Crippen LogP contribution in [0.2, 0.25) is 0 Å². The molecule has 1 unspecified atom stereocenters. The Hall–Kier alpha value is -1.26. The Morgan fingerprint density at radius 2 is 1.32 bits per heavy atom. The van der Waals surface area contributed by atoms with E-state index in [4.69, 9.17) is 9.47 Å². The van der Waals surface area contributed by atoms with Crippen LogP contribution < -0.4 is 4.74 Å². The van der Waals surface area contributed by atoms with Crippen molar-refractivity contribution in [3.63, 3.8) is 0 Å². The molecule has 0 saturated heterocycles. The summed E-state index contributed by atoms with van der Waals surface area (Å²) < 4.78 is 11.8. The number of hydrogen-bond donors (Lipinski definition) is 0. The van der Waals surface area contributed by atoms with Crippen molar-refractivity contribution >= 4 is 18.4 Å². The van der Waals surface area contributed by atoms with Crippen LogP contribution in [0.25, 0.3) is 0 Å². The van der Waals surface area contributed by atoms with E-state index in [1.807, 2.05) is 12.1 Å². The maximum Gasteiger partial charge on any atom is 0.306 e. The number of hydrogen-bond acceptors (Lipinski definition) is 4. The van der Waals surface area contributed by atoms with Gasteiger partial charge < -0.3 is 14.4 Å². The van der Waals surface area contributed by atoms with E-state index in [1.165, 1.54) is 82.6 Å². The van der Waals surface area contributed by atoms with Crippen molar-refractivity contribution < 1.29 is 14.3 Å². The molecule has 0 aromatic heterocycles. The average molecular weight is 552 g/mol. The van der Waals surface area contributed by atoms with Gasteiger partial charge in [0.25, 0.3) is 0 Å². The third kappa shape index (κ3) is 13.2. The Bertz CT molecular complexity index is 715. The van der Waals surface area contributed by atoms with Crippen molar-refractivity contribution in [1.82, 2.24) is 4.90 Å². The first-order valence-electron chi connectivity index (χ1n) is 15.5. The zero-order chi connectivity index (χ0) is 26.8. The molecule has 0 spiro atoms. The van der Waals surface area contributed by atoms with Gasteiger partial charge in [-0.2, -0.15) is 0 Å².